The second-order valence-corrected chi connectivity index (χ2v) is 8.24. The molecule has 2 aromatic rings. The summed E-state index contributed by atoms with van der Waals surface area (Å²) in [6.45, 7) is 4.31. The Labute approximate surface area is 177 Å². The van der Waals surface area contributed by atoms with Crippen molar-refractivity contribution in [2.24, 2.45) is 0 Å². The number of halogens is 2. The Balaban J connectivity index is 2.21. The van der Waals surface area contributed by atoms with Crippen molar-refractivity contribution < 1.29 is 18.7 Å². The number of carbonyl (C=O) groups excluding carboxylic acids is 2. The molecule has 1 amide bonds. The number of esters is 1. The number of rotatable bonds is 9. The Morgan fingerprint density at radius 3 is 2.54 bits per heavy atom. The van der Waals surface area contributed by atoms with Crippen LogP contribution in [0.2, 0.25) is 0 Å². The predicted octanol–water partition coefficient (Wildman–Crippen LogP) is 6.05. The van der Waals surface area contributed by atoms with Crippen LogP contribution in [-0.4, -0.2) is 23.7 Å². The highest BCUT2D eigenvalue weighted by Crippen LogP contribution is 2.36. The third-order valence-electron chi connectivity index (χ3n) is 3.84. The fourth-order valence-electron chi connectivity index (χ4n) is 2.44. The second-order valence-electron chi connectivity index (χ2n) is 6.15. The van der Waals surface area contributed by atoms with Gasteiger partial charge in [-0.05, 0) is 53.0 Å². The van der Waals surface area contributed by atoms with E-state index in [1.165, 1.54) is 17.8 Å². The Kier molecular flexibility index (Phi) is 8.99. The minimum atomic E-state index is -0.555. The van der Waals surface area contributed by atoms with Crippen LogP contribution in [0.4, 0.5) is 10.1 Å². The topological polar surface area (TPSA) is 55.4 Å². The number of amides is 1. The molecule has 0 aliphatic heterocycles. The van der Waals surface area contributed by atoms with E-state index in [-0.39, 0.29) is 11.7 Å². The maximum absolute atomic E-state index is 14.4. The number of hydrogen-bond donors (Lipinski definition) is 1. The molecule has 0 radical (unpaired) electrons. The molecule has 0 fully saturated rings. The number of carbonyl (C=O) groups is 2. The Hall–Kier alpha value is -1.86. The minimum absolute atomic E-state index is 0.0664. The van der Waals surface area contributed by atoms with E-state index in [0.29, 0.717) is 28.0 Å². The molecular formula is C21H23BrFNO3S. The summed E-state index contributed by atoms with van der Waals surface area (Å²) < 4.78 is 20.2. The lowest BCUT2D eigenvalue weighted by Crippen LogP contribution is -2.20. The molecule has 1 atom stereocenters. The summed E-state index contributed by atoms with van der Waals surface area (Å²) in [4.78, 5) is 25.3. The van der Waals surface area contributed by atoms with E-state index in [4.69, 9.17) is 4.74 Å². The van der Waals surface area contributed by atoms with E-state index in [2.05, 4.69) is 21.2 Å². The molecule has 0 heterocycles. The van der Waals surface area contributed by atoms with E-state index >= 15 is 0 Å². The molecule has 2 rings (SSSR count). The van der Waals surface area contributed by atoms with Gasteiger partial charge in [-0.1, -0.05) is 38.5 Å². The van der Waals surface area contributed by atoms with Gasteiger partial charge in [-0.2, -0.15) is 0 Å². The number of benzene rings is 2. The van der Waals surface area contributed by atoms with E-state index < -0.39 is 17.0 Å². The maximum Gasteiger partial charge on any atom is 0.319 e. The molecule has 4 nitrogen and oxygen atoms in total. The molecule has 0 saturated carbocycles. The van der Waals surface area contributed by atoms with E-state index in [9.17, 15) is 14.0 Å². The molecular weight excluding hydrogens is 445 g/mol. The Morgan fingerprint density at radius 1 is 1.18 bits per heavy atom. The van der Waals surface area contributed by atoms with Crippen LogP contribution in [-0.2, 0) is 9.53 Å². The summed E-state index contributed by atoms with van der Waals surface area (Å²) in [6.07, 6.45) is 2.21. The quantitative estimate of drug-likeness (QED) is 0.359. The lowest BCUT2D eigenvalue weighted by molar-refractivity contribution is -0.143. The lowest BCUT2D eigenvalue weighted by Gasteiger charge is -2.17. The van der Waals surface area contributed by atoms with Gasteiger partial charge >= 0.3 is 5.97 Å². The zero-order valence-electron chi connectivity index (χ0n) is 15.8. The van der Waals surface area contributed by atoms with Crippen LogP contribution in [0.3, 0.4) is 0 Å². The third kappa shape index (κ3) is 6.34. The number of nitrogens with one attached hydrogen (secondary N) is 1. The molecule has 0 saturated heterocycles. The fourth-order valence-corrected chi connectivity index (χ4v) is 4.21. The van der Waals surface area contributed by atoms with Crippen molar-refractivity contribution in [3.05, 3.63) is 58.3 Å². The van der Waals surface area contributed by atoms with Crippen LogP contribution in [0.15, 0.2) is 51.8 Å². The first-order valence-electron chi connectivity index (χ1n) is 9.15. The number of hydrogen-bond acceptors (Lipinski definition) is 4. The van der Waals surface area contributed by atoms with Crippen LogP contribution in [0.25, 0.3) is 0 Å². The summed E-state index contributed by atoms with van der Waals surface area (Å²) in [5, 5.41) is 2.21. The normalized spacial score (nSPS) is 11.7. The molecule has 2 aromatic carbocycles. The highest BCUT2D eigenvalue weighted by molar-refractivity contribution is 9.10. The Bertz CT molecular complexity index is 817. The predicted molar refractivity (Wildman–Crippen MR) is 114 cm³/mol. The van der Waals surface area contributed by atoms with Gasteiger partial charge in [0.1, 0.15) is 11.1 Å². The van der Waals surface area contributed by atoms with Gasteiger partial charge in [0.2, 0.25) is 0 Å². The number of ether oxygens (including phenoxy) is 1. The Morgan fingerprint density at radius 2 is 1.89 bits per heavy atom. The average Bonchev–Trinajstić information content (AvgIpc) is 2.69. The molecule has 0 bridgehead atoms. The van der Waals surface area contributed by atoms with Crippen LogP contribution in [0.5, 0.6) is 0 Å². The van der Waals surface area contributed by atoms with Crippen molar-refractivity contribution in [1.29, 1.82) is 0 Å². The van der Waals surface area contributed by atoms with Gasteiger partial charge < -0.3 is 10.1 Å². The van der Waals surface area contributed by atoms with Gasteiger partial charge in [0.25, 0.3) is 5.91 Å². The fraction of sp³-hybridized carbons (Fsp3) is 0.333. The SMILES string of the molecule is CCCOC(=O)C(CCC)Sc1cc(NC(=O)c2ccccc2)c(F)cc1Br. The van der Waals surface area contributed by atoms with Crippen molar-refractivity contribution in [1.82, 2.24) is 0 Å². The number of thioether (sulfide) groups is 1. The van der Waals surface area contributed by atoms with Crippen molar-refractivity contribution in [3.8, 4) is 0 Å². The van der Waals surface area contributed by atoms with Crippen molar-refractivity contribution in [3.63, 3.8) is 0 Å². The number of anilines is 1. The zero-order valence-corrected chi connectivity index (χ0v) is 18.2. The molecule has 1 unspecified atom stereocenters. The van der Waals surface area contributed by atoms with Crippen LogP contribution < -0.4 is 5.32 Å². The summed E-state index contributed by atoms with van der Waals surface area (Å²) in [6, 6.07) is 11.4. The zero-order chi connectivity index (χ0) is 20.5. The first-order chi connectivity index (χ1) is 13.5. The van der Waals surface area contributed by atoms with Crippen LogP contribution >= 0.6 is 27.7 Å². The van der Waals surface area contributed by atoms with Crippen LogP contribution in [0.1, 0.15) is 43.5 Å². The smallest absolute Gasteiger partial charge is 0.319 e. The molecule has 28 heavy (non-hydrogen) atoms. The summed E-state index contributed by atoms with van der Waals surface area (Å²) in [7, 11) is 0. The first kappa shape index (κ1) is 22.4. The van der Waals surface area contributed by atoms with E-state index in [1.54, 1.807) is 36.4 Å². The molecule has 0 spiro atoms. The molecule has 7 heteroatoms. The monoisotopic (exact) mass is 467 g/mol. The third-order valence-corrected chi connectivity index (χ3v) is 6.06. The van der Waals surface area contributed by atoms with Crippen molar-refractivity contribution in [2.75, 3.05) is 11.9 Å². The molecule has 0 aliphatic carbocycles. The van der Waals surface area contributed by atoms with Crippen molar-refractivity contribution >= 4 is 45.3 Å². The largest absolute Gasteiger partial charge is 0.465 e. The average molecular weight is 468 g/mol. The summed E-state index contributed by atoms with van der Waals surface area (Å²) >= 11 is 4.65. The highest BCUT2D eigenvalue weighted by atomic mass is 79.9. The maximum atomic E-state index is 14.4. The molecule has 150 valence electrons. The highest BCUT2D eigenvalue weighted by Gasteiger charge is 2.23. The molecule has 0 aliphatic rings. The van der Waals surface area contributed by atoms with Gasteiger partial charge in [0.05, 0.1) is 12.3 Å². The lowest BCUT2D eigenvalue weighted by atomic mass is 10.2. The van der Waals surface area contributed by atoms with Crippen LogP contribution in [0, 0.1) is 5.82 Å². The standard InChI is InChI=1S/C21H23BrFNO3S/c1-3-8-18(21(26)27-11-4-2)28-19-13-17(16(23)12-15(19)22)24-20(25)14-9-6-5-7-10-14/h5-7,9-10,12-13,18H,3-4,8,11H2,1-2H3,(H,24,25). The molecule has 1 N–H and O–H groups in total. The minimum Gasteiger partial charge on any atom is -0.465 e. The summed E-state index contributed by atoms with van der Waals surface area (Å²) in [5.74, 6) is -1.23. The molecule has 0 aromatic heterocycles. The van der Waals surface area contributed by atoms with Gasteiger partial charge in [0, 0.05) is 14.9 Å². The van der Waals surface area contributed by atoms with Gasteiger partial charge in [-0.25, -0.2) is 4.39 Å². The van der Waals surface area contributed by atoms with E-state index in [0.717, 1.165) is 12.8 Å². The second kappa shape index (κ2) is 11.2. The van der Waals surface area contributed by atoms with Crippen molar-refractivity contribution in [2.45, 2.75) is 43.3 Å². The van der Waals surface area contributed by atoms with Gasteiger partial charge in [-0.3, -0.25) is 9.59 Å². The summed E-state index contributed by atoms with van der Waals surface area (Å²) in [5.41, 5.74) is 0.503. The van der Waals surface area contributed by atoms with E-state index in [1.807, 2.05) is 13.8 Å². The first-order valence-corrected chi connectivity index (χ1v) is 10.8. The van der Waals surface area contributed by atoms with Gasteiger partial charge in [-0.15, -0.1) is 11.8 Å². The van der Waals surface area contributed by atoms with Gasteiger partial charge in [0.15, 0.2) is 0 Å².